The number of likely N-dealkylation sites (tertiary alicyclic amines) is 1. The summed E-state index contributed by atoms with van der Waals surface area (Å²) < 4.78 is 6.83. The molecule has 2 aliphatic rings. The molecule has 1 saturated heterocycles. The lowest BCUT2D eigenvalue weighted by atomic mass is 10.1. The van der Waals surface area contributed by atoms with E-state index in [1.54, 1.807) is 18.0 Å². The molecule has 31 heavy (non-hydrogen) atoms. The van der Waals surface area contributed by atoms with E-state index in [1.807, 2.05) is 35.2 Å². The number of hydrogen-bond acceptors (Lipinski definition) is 6. The molecule has 1 saturated carbocycles. The molecular formula is C22H24N6O3. The first-order chi connectivity index (χ1) is 15.1. The summed E-state index contributed by atoms with van der Waals surface area (Å²) in [5.41, 5.74) is 2.46. The van der Waals surface area contributed by atoms with E-state index < -0.39 is 0 Å². The molecule has 1 N–H and O–H groups in total. The van der Waals surface area contributed by atoms with Crippen LogP contribution in [0.1, 0.15) is 25.1 Å². The SMILES string of the molecule is COc1ccc(-c2cc3nc(CCNC(=O)C4CC(=O)N(C5CC5)C4)nn3cn2)cc1. The maximum atomic E-state index is 12.4. The van der Waals surface area contributed by atoms with E-state index in [9.17, 15) is 9.59 Å². The number of ether oxygens (including phenoxy) is 1. The van der Waals surface area contributed by atoms with Crippen LogP contribution >= 0.6 is 0 Å². The second kappa shape index (κ2) is 7.98. The van der Waals surface area contributed by atoms with Crippen LogP contribution in [0.25, 0.3) is 16.9 Å². The Balaban J connectivity index is 1.19. The molecule has 0 spiro atoms. The molecular weight excluding hydrogens is 396 g/mol. The number of nitrogens with zero attached hydrogens (tertiary/aromatic N) is 5. The Labute approximate surface area is 179 Å². The highest BCUT2D eigenvalue weighted by molar-refractivity contribution is 5.89. The summed E-state index contributed by atoms with van der Waals surface area (Å²) in [5, 5.41) is 7.37. The van der Waals surface area contributed by atoms with Crippen LogP contribution in [-0.4, -0.2) is 62.5 Å². The minimum Gasteiger partial charge on any atom is -0.497 e. The minimum atomic E-state index is -0.251. The van der Waals surface area contributed by atoms with E-state index in [2.05, 4.69) is 20.4 Å². The first-order valence-electron chi connectivity index (χ1n) is 10.5. The van der Waals surface area contributed by atoms with E-state index >= 15 is 0 Å². The first-order valence-corrected chi connectivity index (χ1v) is 10.5. The van der Waals surface area contributed by atoms with Crippen molar-refractivity contribution in [2.24, 2.45) is 5.92 Å². The highest BCUT2D eigenvalue weighted by Crippen LogP contribution is 2.32. The molecule has 1 aliphatic heterocycles. The Morgan fingerprint density at radius 3 is 2.81 bits per heavy atom. The first kappa shape index (κ1) is 19.5. The number of methoxy groups -OCH3 is 1. The van der Waals surface area contributed by atoms with Crippen molar-refractivity contribution >= 4 is 17.5 Å². The monoisotopic (exact) mass is 420 g/mol. The molecule has 3 aromatic rings. The Morgan fingerprint density at radius 1 is 1.26 bits per heavy atom. The predicted octanol–water partition coefficient (Wildman–Crippen LogP) is 1.47. The van der Waals surface area contributed by atoms with Crippen molar-refractivity contribution in [2.45, 2.75) is 31.7 Å². The molecule has 3 heterocycles. The van der Waals surface area contributed by atoms with Crippen molar-refractivity contribution in [2.75, 3.05) is 20.2 Å². The quantitative estimate of drug-likeness (QED) is 0.621. The number of nitrogens with one attached hydrogen (secondary N) is 1. The zero-order valence-electron chi connectivity index (χ0n) is 17.3. The normalized spacial score (nSPS) is 18.5. The Kier molecular flexibility index (Phi) is 5.01. The summed E-state index contributed by atoms with van der Waals surface area (Å²) in [7, 11) is 1.63. The largest absolute Gasteiger partial charge is 0.497 e. The second-order valence-corrected chi connectivity index (χ2v) is 8.05. The van der Waals surface area contributed by atoms with Crippen LogP contribution in [0.15, 0.2) is 36.7 Å². The molecule has 2 fully saturated rings. The van der Waals surface area contributed by atoms with Gasteiger partial charge in [0.25, 0.3) is 0 Å². The molecule has 1 aromatic carbocycles. The maximum absolute atomic E-state index is 12.4. The van der Waals surface area contributed by atoms with Crippen LogP contribution in [0.3, 0.4) is 0 Å². The molecule has 2 aromatic heterocycles. The Hall–Kier alpha value is -3.49. The van der Waals surface area contributed by atoms with Crippen molar-refractivity contribution in [3.05, 3.63) is 42.5 Å². The Bertz CT molecular complexity index is 1120. The number of aromatic nitrogens is 4. The number of benzene rings is 1. The fourth-order valence-electron chi connectivity index (χ4n) is 3.95. The third kappa shape index (κ3) is 4.08. The molecule has 1 unspecified atom stereocenters. The lowest BCUT2D eigenvalue weighted by molar-refractivity contribution is -0.129. The molecule has 2 amide bonds. The molecule has 0 bridgehead atoms. The maximum Gasteiger partial charge on any atom is 0.225 e. The van der Waals surface area contributed by atoms with Gasteiger partial charge in [-0.1, -0.05) is 0 Å². The molecule has 5 rings (SSSR count). The van der Waals surface area contributed by atoms with E-state index in [1.165, 1.54) is 0 Å². The standard InChI is InChI=1S/C22H24N6O3/c1-31-17-6-2-14(3-7-17)18-11-20-25-19(26-28(20)13-24-18)8-9-23-22(30)15-10-21(29)27(12-15)16-4-5-16/h2-3,6-7,11,13,15-16H,4-5,8-10,12H2,1H3,(H,23,30). The lowest BCUT2D eigenvalue weighted by Crippen LogP contribution is -2.34. The number of carbonyl (C=O) groups excluding carboxylic acids is 2. The second-order valence-electron chi connectivity index (χ2n) is 8.05. The van der Waals surface area contributed by atoms with Crippen LogP contribution in [0, 0.1) is 5.92 Å². The third-order valence-electron chi connectivity index (χ3n) is 5.82. The minimum absolute atomic E-state index is 0.0660. The summed E-state index contributed by atoms with van der Waals surface area (Å²) in [6.45, 7) is 0.977. The number of rotatable bonds is 7. The smallest absolute Gasteiger partial charge is 0.225 e. The number of amides is 2. The van der Waals surface area contributed by atoms with Crippen LogP contribution in [0.5, 0.6) is 5.75 Å². The highest BCUT2D eigenvalue weighted by atomic mass is 16.5. The molecule has 160 valence electrons. The van der Waals surface area contributed by atoms with Crippen molar-refractivity contribution < 1.29 is 14.3 Å². The number of hydrogen-bond donors (Lipinski definition) is 1. The van der Waals surface area contributed by atoms with Gasteiger partial charge in [-0.3, -0.25) is 9.59 Å². The van der Waals surface area contributed by atoms with Gasteiger partial charge in [0, 0.05) is 43.6 Å². The van der Waals surface area contributed by atoms with Crippen molar-refractivity contribution in [1.29, 1.82) is 0 Å². The Morgan fingerprint density at radius 2 is 2.06 bits per heavy atom. The predicted molar refractivity (Wildman–Crippen MR) is 112 cm³/mol. The average Bonchev–Trinajstić information content (AvgIpc) is 3.43. The van der Waals surface area contributed by atoms with E-state index in [-0.39, 0.29) is 17.7 Å². The summed E-state index contributed by atoms with van der Waals surface area (Å²) in [6.07, 6.45) is 4.59. The molecule has 1 aliphatic carbocycles. The van der Waals surface area contributed by atoms with Crippen molar-refractivity contribution in [3.8, 4) is 17.0 Å². The van der Waals surface area contributed by atoms with Gasteiger partial charge in [-0.2, -0.15) is 0 Å². The van der Waals surface area contributed by atoms with E-state index in [0.717, 1.165) is 29.8 Å². The van der Waals surface area contributed by atoms with Crippen LogP contribution in [-0.2, 0) is 16.0 Å². The number of carbonyl (C=O) groups is 2. The van der Waals surface area contributed by atoms with Gasteiger partial charge in [0.2, 0.25) is 11.8 Å². The van der Waals surface area contributed by atoms with Gasteiger partial charge >= 0.3 is 0 Å². The van der Waals surface area contributed by atoms with E-state index in [0.29, 0.717) is 43.4 Å². The van der Waals surface area contributed by atoms with Gasteiger partial charge in [-0.25, -0.2) is 14.5 Å². The molecule has 9 heteroatoms. The van der Waals surface area contributed by atoms with Crippen LogP contribution < -0.4 is 10.1 Å². The average molecular weight is 420 g/mol. The van der Waals surface area contributed by atoms with Gasteiger partial charge in [-0.15, -0.1) is 5.10 Å². The topological polar surface area (TPSA) is 102 Å². The molecule has 9 nitrogen and oxygen atoms in total. The van der Waals surface area contributed by atoms with Crippen LogP contribution in [0.4, 0.5) is 0 Å². The van der Waals surface area contributed by atoms with Crippen LogP contribution in [0.2, 0.25) is 0 Å². The molecule has 1 atom stereocenters. The van der Waals surface area contributed by atoms with Crippen molar-refractivity contribution in [1.82, 2.24) is 29.8 Å². The zero-order valence-corrected chi connectivity index (χ0v) is 17.3. The van der Waals surface area contributed by atoms with Gasteiger partial charge in [0.15, 0.2) is 11.5 Å². The van der Waals surface area contributed by atoms with Gasteiger partial charge in [0.05, 0.1) is 18.7 Å². The van der Waals surface area contributed by atoms with Crippen molar-refractivity contribution in [3.63, 3.8) is 0 Å². The zero-order chi connectivity index (χ0) is 21.4. The highest BCUT2D eigenvalue weighted by Gasteiger charge is 2.41. The fourth-order valence-corrected chi connectivity index (χ4v) is 3.95. The summed E-state index contributed by atoms with van der Waals surface area (Å²) in [6, 6.07) is 9.92. The van der Waals surface area contributed by atoms with Gasteiger partial charge in [0.1, 0.15) is 12.1 Å². The lowest BCUT2D eigenvalue weighted by Gasteiger charge is -2.15. The third-order valence-corrected chi connectivity index (χ3v) is 5.82. The summed E-state index contributed by atoms with van der Waals surface area (Å²) >= 11 is 0. The fraction of sp³-hybridized carbons (Fsp3) is 0.409. The van der Waals surface area contributed by atoms with Gasteiger partial charge in [-0.05, 0) is 37.1 Å². The number of fused-ring (bicyclic) bond motifs is 1. The molecule has 0 radical (unpaired) electrons. The van der Waals surface area contributed by atoms with E-state index in [4.69, 9.17) is 4.74 Å². The van der Waals surface area contributed by atoms with Gasteiger partial charge < -0.3 is 15.0 Å². The summed E-state index contributed by atoms with van der Waals surface area (Å²) in [5.74, 6) is 1.21. The summed E-state index contributed by atoms with van der Waals surface area (Å²) in [4.78, 5) is 35.3.